The van der Waals surface area contributed by atoms with E-state index in [1.165, 1.54) is 18.8 Å². The zero-order valence-corrected chi connectivity index (χ0v) is 23.9. The van der Waals surface area contributed by atoms with E-state index in [1.54, 1.807) is 50.3 Å². The molecule has 4 rings (SSSR count). The largest absolute Gasteiger partial charge is 0.504 e. The van der Waals surface area contributed by atoms with Crippen molar-refractivity contribution in [1.82, 2.24) is 4.57 Å². The van der Waals surface area contributed by atoms with Gasteiger partial charge in [0, 0.05) is 10.0 Å². The average molecular weight is 603 g/mol. The van der Waals surface area contributed by atoms with Crippen LogP contribution in [-0.2, 0) is 9.53 Å². The maximum Gasteiger partial charge on any atom is 0.338 e. The molecule has 0 unspecified atom stereocenters. The molecule has 0 radical (unpaired) electrons. The number of allylic oxidation sites excluding steroid dienone is 1. The van der Waals surface area contributed by atoms with Crippen molar-refractivity contribution in [3.63, 3.8) is 0 Å². The van der Waals surface area contributed by atoms with Crippen LogP contribution in [-0.4, -0.2) is 43.1 Å². The Morgan fingerprint density at radius 2 is 1.89 bits per heavy atom. The van der Waals surface area contributed by atoms with Crippen molar-refractivity contribution in [3.8, 4) is 23.0 Å². The average Bonchev–Trinajstić information content (AvgIpc) is 3.19. The van der Waals surface area contributed by atoms with E-state index in [1.807, 2.05) is 6.92 Å². The summed E-state index contributed by atoms with van der Waals surface area (Å²) in [5.74, 6) is 0.601. The Balaban J connectivity index is 2.01. The molecule has 0 saturated carbocycles. The van der Waals surface area contributed by atoms with E-state index in [2.05, 4.69) is 20.9 Å². The van der Waals surface area contributed by atoms with Crippen LogP contribution in [0.25, 0.3) is 6.08 Å². The van der Waals surface area contributed by atoms with E-state index < -0.39 is 12.0 Å². The monoisotopic (exact) mass is 602 g/mol. The number of rotatable bonds is 8. The van der Waals surface area contributed by atoms with Gasteiger partial charge in [-0.15, -0.1) is 0 Å². The van der Waals surface area contributed by atoms with Gasteiger partial charge in [-0.3, -0.25) is 9.36 Å². The molecule has 9 nitrogen and oxygen atoms in total. The number of carbonyl (C=O) groups is 1. The van der Waals surface area contributed by atoms with Crippen molar-refractivity contribution in [2.75, 3.05) is 27.4 Å². The van der Waals surface area contributed by atoms with Gasteiger partial charge in [-0.2, -0.15) is 0 Å². The number of nitrogens with zero attached hydrogens (tertiary/aromatic N) is 2. The number of fused-ring (bicyclic) bond motifs is 1. The molecule has 1 aliphatic rings. The first kappa shape index (κ1) is 27.5. The van der Waals surface area contributed by atoms with E-state index in [-0.39, 0.29) is 29.2 Å². The molecular weight excluding hydrogens is 576 g/mol. The maximum absolute atomic E-state index is 13.9. The molecule has 1 aliphatic heterocycles. The minimum atomic E-state index is -0.856. The summed E-state index contributed by atoms with van der Waals surface area (Å²) in [7, 11) is 2.98. The number of phenols is 1. The number of aromatic hydroxyl groups is 1. The topological polar surface area (TPSA) is 109 Å². The second-order valence-electron chi connectivity index (χ2n) is 8.16. The summed E-state index contributed by atoms with van der Waals surface area (Å²) in [6, 6.07) is 7.65. The number of aromatic nitrogens is 1. The number of phenolic OH excluding ortho intramolecular Hbond substituents is 1. The Morgan fingerprint density at radius 1 is 1.16 bits per heavy atom. The zero-order valence-electron chi connectivity index (χ0n) is 21.5. The standard InChI is InChI=1S/C27H27BrN2O7S/c1-6-36-20-13-17(28)16(12-19(20)35-5)23-22(26(33)37-7-2)14(3)29-27-30(23)25(32)21(38-27)11-15-9-8-10-18(34-4)24(15)31/h8-13,23,31H,6-7H2,1-5H3/b21-11+/t23-/m0/s1. The molecule has 0 bridgehead atoms. The first-order valence-corrected chi connectivity index (χ1v) is 13.4. The SMILES string of the molecule is CCOC(=O)C1=C(C)N=c2s/c(=C/c3cccc(OC)c3O)c(=O)n2[C@H]1c1cc(OC)c(OCC)cc1Br. The van der Waals surface area contributed by atoms with Crippen LogP contribution in [0.3, 0.4) is 0 Å². The number of halogens is 1. The summed E-state index contributed by atoms with van der Waals surface area (Å²) in [5.41, 5.74) is 1.30. The van der Waals surface area contributed by atoms with Gasteiger partial charge < -0.3 is 24.1 Å². The van der Waals surface area contributed by atoms with E-state index in [0.717, 1.165) is 11.3 Å². The summed E-state index contributed by atoms with van der Waals surface area (Å²) in [4.78, 5) is 32.0. The van der Waals surface area contributed by atoms with E-state index in [0.29, 0.717) is 48.7 Å². The fourth-order valence-corrected chi connectivity index (χ4v) is 5.81. The van der Waals surface area contributed by atoms with Gasteiger partial charge in [-0.1, -0.05) is 39.4 Å². The molecule has 1 aromatic heterocycles. The van der Waals surface area contributed by atoms with Gasteiger partial charge in [0.1, 0.15) is 0 Å². The summed E-state index contributed by atoms with van der Waals surface area (Å²) < 4.78 is 24.2. The molecule has 11 heteroatoms. The summed E-state index contributed by atoms with van der Waals surface area (Å²) >= 11 is 4.76. The molecule has 0 aliphatic carbocycles. The van der Waals surface area contributed by atoms with E-state index >= 15 is 0 Å². The van der Waals surface area contributed by atoms with Gasteiger partial charge in [0.05, 0.1) is 49.3 Å². The smallest absolute Gasteiger partial charge is 0.338 e. The third-order valence-corrected chi connectivity index (χ3v) is 7.60. The van der Waals surface area contributed by atoms with Gasteiger partial charge in [0.2, 0.25) is 0 Å². The minimum Gasteiger partial charge on any atom is -0.504 e. The van der Waals surface area contributed by atoms with Gasteiger partial charge in [-0.05, 0) is 50.6 Å². The first-order chi connectivity index (χ1) is 18.2. The Kier molecular flexibility index (Phi) is 8.27. The number of carbonyl (C=O) groups excluding carboxylic acids is 1. The van der Waals surface area contributed by atoms with Crippen LogP contribution in [0.15, 0.2) is 55.9 Å². The molecule has 0 spiro atoms. The lowest BCUT2D eigenvalue weighted by Crippen LogP contribution is -2.40. The molecular formula is C27H27BrN2O7S. The fourth-order valence-electron chi connectivity index (χ4n) is 4.24. The van der Waals surface area contributed by atoms with Crippen molar-refractivity contribution in [2.45, 2.75) is 26.8 Å². The Labute approximate surface area is 231 Å². The fraction of sp³-hybridized carbons (Fsp3) is 0.296. The molecule has 38 heavy (non-hydrogen) atoms. The van der Waals surface area contributed by atoms with Gasteiger partial charge in [-0.25, -0.2) is 9.79 Å². The molecule has 2 aromatic carbocycles. The van der Waals surface area contributed by atoms with Crippen molar-refractivity contribution in [2.24, 2.45) is 4.99 Å². The van der Waals surface area contributed by atoms with E-state index in [4.69, 9.17) is 18.9 Å². The summed E-state index contributed by atoms with van der Waals surface area (Å²) in [6.45, 7) is 5.89. The number of thiazole rings is 1. The Hall–Kier alpha value is -3.57. The Bertz CT molecular complexity index is 1610. The van der Waals surface area contributed by atoms with Crippen LogP contribution in [0, 0.1) is 0 Å². The zero-order chi connectivity index (χ0) is 27.6. The lowest BCUT2D eigenvalue weighted by molar-refractivity contribution is -0.139. The van der Waals surface area contributed by atoms with Gasteiger partial charge in [0.25, 0.3) is 5.56 Å². The lowest BCUT2D eigenvalue weighted by Gasteiger charge is -2.26. The lowest BCUT2D eigenvalue weighted by atomic mass is 9.95. The van der Waals surface area contributed by atoms with Crippen molar-refractivity contribution < 1.29 is 28.8 Å². The molecule has 2 heterocycles. The highest BCUT2D eigenvalue weighted by molar-refractivity contribution is 9.10. The maximum atomic E-state index is 13.9. The van der Waals surface area contributed by atoms with Gasteiger partial charge in [0.15, 0.2) is 27.8 Å². The van der Waals surface area contributed by atoms with Crippen LogP contribution in [0.2, 0.25) is 0 Å². The van der Waals surface area contributed by atoms with Crippen LogP contribution in [0.5, 0.6) is 23.0 Å². The predicted molar refractivity (Wildman–Crippen MR) is 147 cm³/mol. The Morgan fingerprint density at radius 3 is 2.55 bits per heavy atom. The summed E-state index contributed by atoms with van der Waals surface area (Å²) in [5, 5.41) is 10.6. The highest BCUT2D eigenvalue weighted by Gasteiger charge is 2.35. The van der Waals surface area contributed by atoms with Crippen LogP contribution in [0.1, 0.15) is 37.9 Å². The van der Waals surface area contributed by atoms with E-state index in [9.17, 15) is 14.7 Å². The summed E-state index contributed by atoms with van der Waals surface area (Å²) in [6.07, 6.45) is 1.58. The number of hydrogen-bond acceptors (Lipinski definition) is 9. The first-order valence-electron chi connectivity index (χ1n) is 11.8. The molecule has 3 aromatic rings. The molecule has 1 N–H and O–H groups in total. The number of para-hydroxylation sites is 1. The quantitative estimate of drug-likeness (QED) is 0.392. The molecule has 0 fully saturated rings. The number of esters is 1. The second kappa shape index (κ2) is 11.4. The number of benzene rings is 2. The number of methoxy groups -OCH3 is 2. The molecule has 0 saturated heterocycles. The van der Waals surface area contributed by atoms with Crippen LogP contribution in [0.4, 0.5) is 0 Å². The highest BCUT2D eigenvalue weighted by Crippen LogP contribution is 2.41. The number of ether oxygens (including phenoxy) is 4. The molecule has 0 amide bonds. The molecule has 1 atom stereocenters. The number of hydrogen-bond donors (Lipinski definition) is 1. The van der Waals surface area contributed by atoms with Crippen molar-refractivity contribution in [3.05, 3.63) is 76.9 Å². The van der Waals surface area contributed by atoms with Crippen LogP contribution < -0.4 is 29.1 Å². The highest BCUT2D eigenvalue weighted by atomic mass is 79.9. The van der Waals surface area contributed by atoms with Crippen molar-refractivity contribution >= 4 is 39.3 Å². The normalized spacial score (nSPS) is 15.1. The predicted octanol–water partition coefficient (Wildman–Crippen LogP) is 3.68. The van der Waals surface area contributed by atoms with Crippen molar-refractivity contribution in [1.29, 1.82) is 0 Å². The third-order valence-electron chi connectivity index (χ3n) is 5.93. The third kappa shape index (κ3) is 4.95. The minimum absolute atomic E-state index is 0.0835. The van der Waals surface area contributed by atoms with Crippen LogP contribution >= 0.6 is 27.3 Å². The second-order valence-corrected chi connectivity index (χ2v) is 10.0. The molecule has 200 valence electrons. The van der Waals surface area contributed by atoms with Gasteiger partial charge >= 0.3 is 5.97 Å².